The average Bonchev–Trinajstić information content (AvgIpc) is 3.00. The third kappa shape index (κ3) is 9.74. The maximum atomic E-state index is 12.5. The van der Waals surface area contributed by atoms with E-state index >= 15 is 0 Å². The molecule has 0 amide bonds. The first-order valence-electron chi connectivity index (χ1n) is 8.63. The lowest BCUT2D eigenvalue weighted by molar-refractivity contribution is -0.274. The van der Waals surface area contributed by atoms with E-state index in [1.807, 2.05) is 0 Å². The van der Waals surface area contributed by atoms with Gasteiger partial charge in [-0.05, 0) is 24.9 Å². The molecule has 1 fully saturated rings. The summed E-state index contributed by atoms with van der Waals surface area (Å²) in [4.78, 5) is 5.34. The first-order valence-corrected chi connectivity index (χ1v) is 8.63. The summed E-state index contributed by atoms with van der Waals surface area (Å²) in [7, 11) is 1.50. The van der Waals surface area contributed by atoms with E-state index in [0.29, 0.717) is 37.6 Å². The smallest absolute Gasteiger partial charge is 0.405 e. The second-order valence-electron chi connectivity index (χ2n) is 6.47. The van der Waals surface area contributed by atoms with Crippen molar-refractivity contribution < 1.29 is 31.1 Å². The number of benzene rings is 1. The predicted molar refractivity (Wildman–Crippen MR) is 107 cm³/mol. The fraction of sp³-hybridized carbons (Fsp3) is 0.588. The summed E-state index contributed by atoms with van der Waals surface area (Å²) in [6.45, 7) is 0.226. The molecule has 0 saturated carbocycles. The van der Waals surface area contributed by atoms with Crippen LogP contribution >= 0.6 is 24.0 Å². The molecular weight excluding hydrogens is 517 g/mol. The number of guanidine groups is 1. The number of ether oxygens (including phenoxy) is 1. The van der Waals surface area contributed by atoms with Crippen molar-refractivity contribution in [2.24, 2.45) is 10.9 Å². The van der Waals surface area contributed by atoms with E-state index in [4.69, 9.17) is 0 Å². The van der Waals surface area contributed by atoms with Gasteiger partial charge in [0.15, 0.2) is 5.96 Å². The zero-order chi connectivity index (χ0) is 20.8. The first-order chi connectivity index (χ1) is 13.1. The van der Waals surface area contributed by atoms with Crippen LogP contribution in [0.2, 0.25) is 0 Å². The second-order valence-corrected chi connectivity index (χ2v) is 6.47. The van der Waals surface area contributed by atoms with Crippen molar-refractivity contribution in [1.29, 1.82) is 0 Å². The summed E-state index contributed by atoms with van der Waals surface area (Å²) in [5.41, 5.74) is 0.292. The van der Waals surface area contributed by atoms with Gasteiger partial charge in [0, 0.05) is 32.2 Å². The van der Waals surface area contributed by atoms with Crippen molar-refractivity contribution in [1.82, 2.24) is 15.5 Å². The number of likely N-dealkylation sites (tertiary alicyclic amines) is 1. The molecule has 12 heteroatoms. The normalized spacial score (nSPS) is 18.3. The average molecular weight is 540 g/mol. The Balaban J connectivity index is 0.00000420. The van der Waals surface area contributed by atoms with Gasteiger partial charge in [-0.15, -0.1) is 37.1 Å². The third-order valence-electron chi connectivity index (χ3n) is 4.20. The van der Waals surface area contributed by atoms with Gasteiger partial charge >= 0.3 is 12.5 Å². The van der Waals surface area contributed by atoms with Crippen molar-refractivity contribution >= 4 is 29.9 Å². The van der Waals surface area contributed by atoms with Crippen LogP contribution in [-0.4, -0.2) is 56.6 Å². The quantitative estimate of drug-likeness (QED) is 0.250. The van der Waals surface area contributed by atoms with Crippen LogP contribution in [-0.2, 0) is 6.54 Å². The molecule has 0 aliphatic carbocycles. The largest absolute Gasteiger partial charge is 0.573 e. The summed E-state index contributed by atoms with van der Waals surface area (Å²) in [6.07, 6.45) is -8.38. The zero-order valence-corrected chi connectivity index (χ0v) is 17.9. The number of aliphatic imine (C=N–C) groups is 1. The Morgan fingerprint density at radius 2 is 1.86 bits per heavy atom. The summed E-state index contributed by atoms with van der Waals surface area (Å²) in [5.74, 6) is 0.0642. The highest BCUT2D eigenvalue weighted by atomic mass is 127. The van der Waals surface area contributed by atoms with Crippen LogP contribution in [0.5, 0.6) is 5.75 Å². The molecule has 0 radical (unpaired) electrons. The first kappa shape index (κ1) is 25.6. The van der Waals surface area contributed by atoms with E-state index < -0.39 is 19.1 Å². The van der Waals surface area contributed by atoms with E-state index in [0.717, 1.165) is 0 Å². The minimum atomic E-state index is -4.79. The Bertz CT molecular complexity index is 668. The molecule has 1 heterocycles. The minimum Gasteiger partial charge on any atom is -0.405 e. The number of rotatable bonds is 6. The molecule has 29 heavy (non-hydrogen) atoms. The van der Waals surface area contributed by atoms with E-state index in [1.165, 1.54) is 30.1 Å². The number of alkyl halides is 6. The number of hydrogen-bond acceptors (Lipinski definition) is 3. The maximum Gasteiger partial charge on any atom is 0.573 e. The monoisotopic (exact) mass is 540 g/mol. The van der Waals surface area contributed by atoms with Crippen LogP contribution in [0.4, 0.5) is 26.3 Å². The maximum absolute atomic E-state index is 12.5. The highest BCUT2D eigenvalue weighted by molar-refractivity contribution is 14.0. The van der Waals surface area contributed by atoms with Crippen molar-refractivity contribution in [3.05, 3.63) is 29.8 Å². The number of nitrogens with one attached hydrogen (secondary N) is 2. The molecule has 0 bridgehead atoms. The van der Waals surface area contributed by atoms with E-state index in [9.17, 15) is 26.3 Å². The van der Waals surface area contributed by atoms with Gasteiger partial charge in [0.05, 0.1) is 6.54 Å². The van der Waals surface area contributed by atoms with Gasteiger partial charge in [-0.3, -0.25) is 9.89 Å². The zero-order valence-electron chi connectivity index (χ0n) is 15.6. The van der Waals surface area contributed by atoms with Crippen molar-refractivity contribution in [2.45, 2.75) is 25.5 Å². The van der Waals surface area contributed by atoms with Gasteiger partial charge < -0.3 is 15.4 Å². The van der Waals surface area contributed by atoms with Crippen LogP contribution in [0.25, 0.3) is 0 Å². The molecule has 1 saturated heterocycles. The molecule has 5 nitrogen and oxygen atoms in total. The van der Waals surface area contributed by atoms with Crippen LogP contribution in [0.3, 0.4) is 0 Å². The molecule has 0 spiro atoms. The Morgan fingerprint density at radius 3 is 2.48 bits per heavy atom. The predicted octanol–water partition coefficient (Wildman–Crippen LogP) is 3.75. The fourth-order valence-electron chi connectivity index (χ4n) is 2.99. The summed E-state index contributed by atoms with van der Waals surface area (Å²) < 4.78 is 78.7. The van der Waals surface area contributed by atoms with Crippen molar-refractivity contribution in [3.8, 4) is 5.75 Å². The van der Waals surface area contributed by atoms with Crippen molar-refractivity contribution in [2.75, 3.05) is 33.2 Å². The highest BCUT2D eigenvalue weighted by Crippen LogP contribution is 2.26. The molecule has 1 atom stereocenters. The molecule has 1 aliphatic rings. The van der Waals surface area contributed by atoms with Crippen LogP contribution < -0.4 is 15.4 Å². The van der Waals surface area contributed by atoms with Gasteiger partial charge in [-0.2, -0.15) is 13.2 Å². The number of nitrogens with zero attached hydrogens (tertiary/aromatic N) is 2. The van der Waals surface area contributed by atoms with Gasteiger partial charge in [0.1, 0.15) is 5.75 Å². The molecular formula is C17H23F6IN4O. The second kappa shape index (κ2) is 11.1. The molecule has 166 valence electrons. The Kier molecular flexibility index (Phi) is 9.79. The summed E-state index contributed by atoms with van der Waals surface area (Å²) >= 11 is 0. The van der Waals surface area contributed by atoms with Crippen LogP contribution in [0, 0.1) is 5.92 Å². The van der Waals surface area contributed by atoms with Crippen molar-refractivity contribution in [3.63, 3.8) is 0 Å². The topological polar surface area (TPSA) is 48.9 Å². The van der Waals surface area contributed by atoms with Gasteiger partial charge in [0.25, 0.3) is 0 Å². The number of halogens is 7. The van der Waals surface area contributed by atoms with E-state index in [1.54, 1.807) is 6.07 Å². The lowest BCUT2D eigenvalue weighted by atomic mass is 10.1. The molecule has 1 unspecified atom stereocenters. The minimum absolute atomic E-state index is 0. The lowest BCUT2D eigenvalue weighted by Crippen LogP contribution is -2.40. The molecule has 2 rings (SSSR count). The Hall–Kier alpha value is -1.44. The molecule has 1 aromatic rings. The molecule has 0 aromatic heterocycles. The van der Waals surface area contributed by atoms with E-state index in [2.05, 4.69) is 20.4 Å². The van der Waals surface area contributed by atoms with Gasteiger partial charge in [-0.1, -0.05) is 18.2 Å². The molecule has 1 aromatic carbocycles. The number of hydrogen-bond donors (Lipinski definition) is 2. The molecule has 1 aliphatic heterocycles. The van der Waals surface area contributed by atoms with Crippen LogP contribution in [0.15, 0.2) is 29.3 Å². The Morgan fingerprint density at radius 1 is 1.17 bits per heavy atom. The standard InChI is InChI=1S/C17H22F6N4O.HI/c1-24-15(25-8-12-6-7-27(10-12)11-16(18,19)20)26-9-13-4-2-3-5-14(13)28-17(21,22)23;/h2-5,12H,6-11H2,1H3,(H2,24,25,26);1H. The van der Waals surface area contributed by atoms with E-state index in [-0.39, 0.29) is 42.2 Å². The Labute approximate surface area is 181 Å². The number of para-hydroxylation sites is 1. The lowest BCUT2D eigenvalue weighted by Gasteiger charge is -2.19. The van der Waals surface area contributed by atoms with Crippen LogP contribution in [0.1, 0.15) is 12.0 Å². The SMILES string of the molecule is CN=C(NCc1ccccc1OC(F)(F)F)NCC1CCN(CC(F)(F)F)C1.I. The highest BCUT2D eigenvalue weighted by Gasteiger charge is 2.34. The molecule has 2 N–H and O–H groups in total. The summed E-state index contributed by atoms with van der Waals surface area (Å²) in [5, 5.41) is 5.88. The van der Waals surface area contributed by atoms with Gasteiger partial charge in [0.2, 0.25) is 0 Å². The fourth-order valence-corrected chi connectivity index (χ4v) is 2.99. The van der Waals surface area contributed by atoms with Gasteiger partial charge in [-0.25, -0.2) is 0 Å². The third-order valence-corrected chi connectivity index (χ3v) is 4.20. The summed E-state index contributed by atoms with van der Waals surface area (Å²) in [6, 6.07) is 5.73.